The maximum absolute atomic E-state index is 13.6. The maximum atomic E-state index is 13.6. The summed E-state index contributed by atoms with van der Waals surface area (Å²) in [6.07, 6.45) is 0. The summed E-state index contributed by atoms with van der Waals surface area (Å²) in [5.41, 5.74) is -0.491. The highest BCUT2D eigenvalue weighted by Crippen LogP contribution is 2.19. The average Bonchev–Trinajstić information content (AvgIpc) is 2.73. The Morgan fingerprint density at radius 1 is 1.22 bits per heavy atom. The third kappa shape index (κ3) is 2.33. The summed E-state index contributed by atoms with van der Waals surface area (Å²) < 4.78 is 40.8. The molecule has 0 amide bonds. The van der Waals surface area contributed by atoms with Gasteiger partial charge in [0.15, 0.2) is 17.5 Å². The third-order valence-corrected chi connectivity index (χ3v) is 2.26. The van der Waals surface area contributed by atoms with E-state index in [1.165, 1.54) is 0 Å². The number of hydrogen-bond acceptors (Lipinski definition) is 4. The minimum absolute atomic E-state index is 0.237. The minimum Gasteiger partial charge on any atom is -0.310 e. The number of nitrogens with one attached hydrogen (secondary N) is 1. The second-order valence-corrected chi connectivity index (χ2v) is 3.51. The normalized spacial score (nSPS) is 10.9. The van der Waals surface area contributed by atoms with Crippen LogP contribution in [0.1, 0.15) is 12.7 Å². The molecule has 18 heavy (non-hydrogen) atoms. The van der Waals surface area contributed by atoms with Gasteiger partial charge in [-0.15, -0.1) is 5.10 Å². The lowest BCUT2D eigenvalue weighted by molar-refractivity contribution is 0.520. The molecule has 8 heteroatoms. The van der Waals surface area contributed by atoms with Gasteiger partial charge >= 0.3 is 0 Å². The maximum Gasteiger partial charge on any atom is 0.170 e. The predicted octanol–water partition coefficient (Wildman–Crippen LogP) is 1.19. The lowest BCUT2D eigenvalue weighted by atomic mass is 10.3. The Labute approximate surface area is 101 Å². The standard InChI is InChI=1S/C10H10F3N5/c1-2-14-5-9-15-16-17-18(9)10-7(12)3-6(11)4-8(10)13/h3-4,14H,2,5H2,1H3. The zero-order valence-corrected chi connectivity index (χ0v) is 9.49. The van der Waals surface area contributed by atoms with Crippen molar-refractivity contribution in [2.24, 2.45) is 0 Å². The summed E-state index contributed by atoms with van der Waals surface area (Å²) in [7, 11) is 0. The van der Waals surface area contributed by atoms with Crippen molar-refractivity contribution in [1.82, 2.24) is 25.5 Å². The zero-order chi connectivity index (χ0) is 13.1. The van der Waals surface area contributed by atoms with Crippen LogP contribution in [0, 0.1) is 17.5 Å². The van der Waals surface area contributed by atoms with E-state index in [0.29, 0.717) is 18.7 Å². The van der Waals surface area contributed by atoms with E-state index < -0.39 is 23.1 Å². The third-order valence-electron chi connectivity index (χ3n) is 2.26. The summed E-state index contributed by atoms with van der Waals surface area (Å²) in [5.74, 6) is -2.87. The first kappa shape index (κ1) is 12.5. The fourth-order valence-corrected chi connectivity index (χ4v) is 1.46. The van der Waals surface area contributed by atoms with E-state index in [1.54, 1.807) is 0 Å². The van der Waals surface area contributed by atoms with Crippen LogP contribution in [0.3, 0.4) is 0 Å². The van der Waals surface area contributed by atoms with Gasteiger partial charge < -0.3 is 5.32 Å². The molecule has 1 aromatic heterocycles. The van der Waals surface area contributed by atoms with Crippen LogP contribution in [-0.2, 0) is 6.54 Å². The molecule has 0 saturated heterocycles. The summed E-state index contributed by atoms with van der Waals surface area (Å²) >= 11 is 0. The van der Waals surface area contributed by atoms with Gasteiger partial charge in [-0.05, 0) is 17.0 Å². The molecule has 0 aliphatic rings. The molecule has 0 aliphatic carbocycles. The molecule has 1 aromatic carbocycles. The van der Waals surface area contributed by atoms with Crippen LogP contribution in [0.2, 0.25) is 0 Å². The molecule has 0 fully saturated rings. The van der Waals surface area contributed by atoms with Crippen LogP contribution in [0.15, 0.2) is 12.1 Å². The molecular formula is C10H10F3N5. The molecule has 1 heterocycles. The van der Waals surface area contributed by atoms with Crippen LogP contribution < -0.4 is 5.32 Å². The Morgan fingerprint density at radius 3 is 2.50 bits per heavy atom. The van der Waals surface area contributed by atoms with Crippen LogP contribution in [0.4, 0.5) is 13.2 Å². The van der Waals surface area contributed by atoms with Crippen molar-refractivity contribution < 1.29 is 13.2 Å². The molecule has 0 bridgehead atoms. The zero-order valence-electron chi connectivity index (χ0n) is 9.49. The summed E-state index contributed by atoms with van der Waals surface area (Å²) in [5, 5.41) is 13.4. The summed E-state index contributed by atoms with van der Waals surface area (Å²) in [4.78, 5) is 0. The first-order valence-corrected chi connectivity index (χ1v) is 5.26. The van der Waals surface area contributed by atoms with Gasteiger partial charge in [0.25, 0.3) is 0 Å². The van der Waals surface area contributed by atoms with Crippen LogP contribution in [0.5, 0.6) is 0 Å². The molecule has 96 valence electrons. The highest BCUT2D eigenvalue weighted by Gasteiger charge is 2.18. The Balaban J connectivity index is 2.46. The van der Waals surface area contributed by atoms with E-state index in [2.05, 4.69) is 20.8 Å². The predicted molar refractivity (Wildman–Crippen MR) is 56.4 cm³/mol. The summed E-state index contributed by atoms with van der Waals surface area (Å²) in [6, 6.07) is 1.16. The number of halogens is 3. The second-order valence-electron chi connectivity index (χ2n) is 3.51. The van der Waals surface area contributed by atoms with Crippen molar-refractivity contribution in [3.8, 4) is 5.69 Å². The van der Waals surface area contributed by atoms with E-state index in [9.17, 15) is 13.2 Å². The Hall–Kier alpha value is -1.96. The Kier molecular flexibility index (Phi) is 3.56. The lowest BCUT2D eigenvalue weighted by Gasteiger charge is -2.07. The van der Waals surface area contributed by atoms with Gasteiger partial charge in [-0.25, -0.2) is 13.2 Å². The van der Waals surface area contributed by atoms with Gasteiger partial charge in [0.1, 0.15) is 11.5 Å². The van der Waals surface area contributed by atoms with Crippen molar-refractivity contribution in [2.75, 3.05) is 6.54 Å². The molecule has 0 spiro atoms. The summed E-state index contributed by atoms with van der Waals surface area (Å²) in [6.45, 7) is 2.77. The van der Waals surface area contributed by atoms with E-state index in [0.717, 1.165) is 4.68 Å². The van der Waals surface area contributed by atoms with E-state index >= 15 is 0 Å². The fraction of sp³-hybridized carbons (Fsp3) is 0.300. The number of hydrogen-bond donors (Lipinski definition) is 1. The largest absolute Gasteiger partial charge is 0.310 e. The molecule has 0 aliphatic heterocycles. The van der Waals surface area contributed by atoms with Crippen molar-refractivity contribution >= 4 is 0 Å². The lowest BCUT2D eigenvalue weighted by Crippen LogP contribution is -2.17. The van der Waals surface area contributed by atoms with Gasteiger partial charge in [-0.2, -0.15) is 4.68 Å². The highest BCUT2D eigenvalue weighted by atomic mass is 19.1. The van der Waals surface area contributed by atoms with Gasteiger partial charge in [-0.3, -0.25) is 0 Å². The number of nitrogens with zero attached hydrogens (tertiary/aromatic N) is 4. The number of tetrazole rings is 1. The van der Waals surface area contributed by atoms with Gasteiger partial charge in [0, 0.05) is 12.1 Å². The van der Waals surface area contributed by atoms with E-state index in [1.807, 2.05) is 6.92 Å². The van der Waals surface area contributed by atoms with Gasteiger partial charge in [0.05, 0.1) is 6.54 Å². The van der Waals surface area contributed by atoms with Crippen LogP contribution in [-0.4, -0.2) is 26.8 Å². The van der Waals surface area contributed by atoms with Gasteiger partial charge in [0.2, 0.25) is 0 Å². The highest BCUT2D eigenvalue weighted by molar-refractivity contribution is 5.35. The fourth-order valence-electron chi connectivity index (χ4n) is 1.46. The molecule has 2 rings (SSSR count). The van der Waals surface area contributed by atoms with Crippen LogP contribution in [0.25, 0.3) is 5.69 Å². The van der Waals surface area contributed by atoms with Crippen LogP contribution >= 0.6 is 0 Å². The van der Waals surface area contributed by atoms with Crippen molar-refractivity contribution in [3.63, 3.8) is 0 Å². The first-order valence-electron chi connectivity index (χ1n) is 5.26. The Morgan fingerprint density at radius 2 is 1.89 bits per heavy atom. The monoisotopic (exact) mass is 257 g/mol. The number of rotatable bonds is 4. The Bertz CT molecular complexity index is 531. The SMILES string of the molecule is CCNCc1nnnn1-c1c(F)cc(F)cc1F. The number of benzene rings is 1. The average molecular weight is 257 g/mol. The van der Waals surface area contributed by atoms with E-state index in [4.69, 9.17) is 0 Å². The van der Waals surface area contributed by atoms with Crippen molar-refractivity contribution in [3.05, 3.63) is 35.4 Å². The molecule has 5 nitrogen and oxygen atoms in total. The minimum atomic E-state index is -1.06. The molecule has 2 aromatic rings. The molecular weight excluding hydrogens is 247 g/mol. The van der Waals surface area contributed by atoms with Gasteiger partial charge in [-0.1, -0.05) is 6.92 Å². The quantitative estimate of drug-likeness (QED) is 0.893. The molecule has 0 atom stereocenters. The molecule has 0 unspecified atom stereocenters. The van der Waals surface area contributed by atoms with Crippen molar-refractivity contribution in [2.45, 2.75) is 13.5 Å². The topological polar surface area (TPSA) is 55.6 Å². The van der Waals surface area contributed by atoms with E-state index in [-0.39, 0.29) is 12.4 Å². The van der Waals surface area contributed by atoms with Crippen molar-refractivity contribution in [1.29, 1.82) is 0 Å². The first-order chi connectivity index (χ1) is 8.63. The number of aromatic nitrogens is 4. The molecule has 0 radical (unpaired) electrons. The second kappa shape index (κ2) is 5.13. The molecule has 0 saturated carbocycles. The smallest absolute Gasteiger partial charge is 0.170 e. The molecule has 1 N–H and O–H groups in total.